The van der Waals surface area contributed by atoms with Crippen molar-refractivity contribution in [2.45, 2.75) is 32.0 Å². The number of halogens is 2. The van der Waals surface area contributed by atoms with Crippen molar-refractivity contribution in [3.8, 4) is 16.9 Å². The van der Waals surface area contributed by atoms with E-state index < -0.39 is 6.61 Å². The lowest BCUT2D eigenvalue weighted by atomic mass is 10.0. The number of morpholine rings is 1. The molecular formula is C26H27F2N5O3. The summed E-state index contributed by atoms with van der Waals surface area (Å²) in [5.41, 5.74) is 3.23. The first-order chi connectivity index (χ1) is 17.6. The van der Waals surface area contributed by atoms with Gasteiger partial charge in [-0.05, 0) is 36.6 Å². The van der Waals surface area contributed by atoms with Crippen LogP contribution in [0.15, 0.2) is 54.9 Å². The van der Waals surface area contributed by atoms with Crippen molar-refractivity contribution >= 4 is 17.5 Å². The molecule has 1 saturated heterocycles. The van der Waals surface area contributed by atoms with Crippen LogP contribution in [0.3, 0.4) is 0 Å². The van der Waals surface area contributed by atoms with E-state index in [1.807, 2.05) is 12.1 Å². The third-order valence-electron chi connectivity index (χ3n) is 6.10. The number of carbonyl (C=O) groups excluding carboxylic acids is 1. The maximum Gasteiger partial charge on any atom is 0.387 e. The molecule has 1 aliphatic heterocycles. The highest BCUT2D eigenvalue weighted by atomic mass is 19.3. The highest BCUT2D eigenvalue weighted by molar-refractivity contribution is 6.00. The van der Waals surface area contributed by atoms with Gasteiger partial charge in [0.2, 0.25) is 5.95 Å². The summed E-state index contributed by atoms with van der Waals surface area (Å²) in [6.45, 7) is 0.0631. The predicted octanol–water partition coefficient (Wildman–Crippen LogP) is 4.09. The molecule has 3 aromatic rings. The van der Waals surface area contributed by atoms with Crippen molar-refractivity contribution < 1.29 is 23.0 Å². The molecule has 2 heterocycles. The van der Waals surface area contributed by atoms with E-state index in [2.05, 4.69) is 30.2 Å². The Morgan fingerprint density at radius 1 is 1.08 bits per heavy atom. The van der Waals surface area contributed by atoms with E-state index in [4.69, 9.17) is 4.74 Å². The van der Waals surface area contributed by atoms with E-state index in [1.54, 1.807) is 36.7 Å². The number of hydrogen-bond acceptors (Lipinski definition) is 7. The van der Waals surface area contributed by atoms with E-state index in [0.717, 1.165) is 37.1 Å². The molecule has 2 aliphatic rings. The van der Waals surface area contributed by atoms with E-state index >= 15 is 0 Å². The number of anilines is 2. The Balaban J connectivity index is 1.39. The summed E-state index contributed by atoms with van der Waals surface area (Å²) in [7, 11) is 0. The van der Waals surface area contributed by atoms with Crippen LogP contribution in [0.2, 0.25) is 0 Å². The molecule has 0 atom stereocenters. The minimum atomic E-state index is -2.92. The molecule has 1 saturated carbocycles. The standard InChI is InChI=1S/C26H27F2N5O3/c27-25(28)36-23-4-2-1-3-18(23)14-29-22-13-17(5-8-21(22)24(34)32-20-6-7-20)19-15-30-26(31-16-19)33-9-11-35-12-10-33/h1-5,8,13,15-16,20,25,29H,6-7,9-12,14H2,(H,32,34). The van der Waals surface area contributed by atoms with Crippen molar-refractivity contribution in [3.63, 3.8) is 0 Å². The number of nitrogens with one attached hydrogen (secondary N) is 2. The second-order valence-electron chi connectivity index (χ2n) is 8.72. The molecular weight excluding hydrogens is 468 g/mol. The summed E-state index contributed by atoms with van der Waals surface area (Å²) in [5, 5.41) is 6.25. The van der Waals surface area contributed by atoms with Crippen LogP contribution in [0, 0.1) is 0 Å². The average molecular weight is 496 g/mol. The van der Waals surface area contributed by atoms with Crippen LogP contribution in [-0.2, 0) is 11.3 Å². The molecule has 0 radical (unpaired) electrons. The van der Waals surface area contributed by atoms with Gasteiger partial charge in [0.05, 0.1) is 18.8 Å². The van der Waals surface area contributed by atoms with Crippen molar-refractivity contribution in [2.24, 2.45) is 0 Å². The molecule has 1 amide bonds. The van der Waals surface area contributed by atoms with E-state index in [9.17, 15) is 13.6 Å². The molecule has 2 N–H and O–H groups in total. The molecule has 8 nitrogen and oxygen atoms in total. The number of carbonyl (C=O) groups is 1. The Morgan fingerprint density at radius 3 is 2.56 bits per heavy atom. The van der Waals surface area contributed by atoms with Gasteiger partial charge in [0.1, 0.15) is 5.75 Å². The van der Waals surface area contributed by atoms with Gasteiger partial charge in [-0.15, -0.1) is 0 Å². The van der Waals surface area contributed by atoms with Crippen LogP contribution in [-0.4, -0.2) is 54.8 Å². The number of hydrogen-bond donors (Lipinski definition) is 2. The topological polar surface area (TPSA) is 88.6 Å². The zero-order valence-electron chi connectivity index (χ0n) is 19.6. The second kappa shape index (κ2) is 10.9. The average Bonchev–Trinajstić information content (AvgIpc) is 3.72. The zero-order valence-corrected chi connectivity index (χ0v) is 19.6. The molecule has 1 aromatic heterocycles. The van der Waals surface area contributed by atoms with Crippen LogP contribution in [0.1, 0.15) is 28.8 Å². The number of aromatic nitrogens is 2. The number of para-hydroxylation sites is 1. The van der Waals surface area contributed by atoms with Crippen LogP contribution in [0.5, 0.6) is 5.75 Å². The third kappa shape index (κ3) is 5.88. The normalized spacial score (nSPS) is 15.6. The van der Waals surface area contributed by atoms with E-state index in [1.165, 1.54) is 6.07 Å². The van der Waals surface area contributed by atoms with Gasteiger partial charge in [-0.2, -0.15) is 8.78 Å². The number of nitrogens with zero attached hydrogens (tertiary/aromatic N) is 3. The molecule has 2 fully saturated rings. The molecule has 36 heavy (non-hydrogen) atoms. The van der Waals surface area contributed by atoms with Gasteiger partial charge >= 0.3 is 6.61 Å². The number of benzene rings is 2. The Labute approximate surface area is 207 Å². The second-order valence-corrected chi connectivity index (χ2v) is 8.72. The quantitative estimate of drug-likeness (QED) is 0.462. The van der Waals surface area contributed by atoms with Crippen LogP contribution in [0.25, 0.3) is 11.1 Å². The molecule has 0 unspecified atom stereocenters. The van der Waals surface area contributed by atoms with Crippen LogP contribution < -0.4 is 20.3 Å². The fourth-order valence-electron chi connectivity index (χ4n) is 4.01. The van der Waals surface area contributed by atoms with Gasteiger partial charge in [0, 0.05) is 54.9 Å². The van der Waals surface area contributed by atoms with Gasteiger partial charge < -0.3 is 25.0 Å². The maximum absolute atomic E-state index is 12.9. The Morgan fingerprint density at radius 2 is 1.83 bits per heavy atom. The third-order valence-corrected chi connectivity index (χ3v) is 6.10. The monoisotopic (exact) mass is 495 g/mol. The fraction of sp³-hybridized carbons (Fsp3) is 0.346. The Bertz CT molecular complexity index is 1200. The first kappa shape index (κ1) is 23.9. The lowest BCUT2D eigenvalue weighted by Crippen LogP contribution is -2.37. The summed E-state index contributed by atoms with van der Waals surface area (Å²) >= 11 is 0. The van der Waals surface area contributed by atoms with Gasteiger partial charge in [0.15, 0.2) is 0 Å². The van der Waals surface area contributed by atoms with Crippen molar-refractivity contribution in [1.82, 2.24) is 15.3 Å². The van der Waals surface area contributed by atoms with Crippen LogP contribution >= 0.6 is 0 Å². The molecule has 0 spiro atoms. The largest absolute Gasteiger partial charge is 0.434 e. The smallest absolute Gasteiger partial charge is 0.387 e. The lowest BCUT2D eigenvalue weighted by molar-refractivity contribution is -0.0504. The summed E-state index contributed by atoms with van der Waals surface area (Å²) < 4.78 is 35.7. The Kier molecular flexibility index (Phi) is 7.22. The highest BCUT2D eigenvalue weighted by Crippen LogP contribution is 2.29. The summed E-state index contributed by atoms with van der Waals surface area (Å²) in [5.74, 6) is 0.561. The fourth-order valence-corrected chi connectivity index (χ4v) is 4.01. The van der Waals surface area contributed by atoms with Crippen molar-refractivity contribution in [2.75, 3.05) is 36.5 Å². The molecule has 10 heteroatoms. The first-order valence-corrected chi connectivity index (χ1v) is 11.9. The summed E-state index contributed by atoms with van der Waals surface area (Å²) in [6, 6.07) is 12.2. The minimum Gasteiger partial charge on any atom is -0.434 e. The highest BCUT2D eigenvalue weighted by Gasteiger charge is 2.25. The molecule has 5 rings (SSSR count). The van der Waals surface area contributed by atoms with Crippen LogP contribution in [0.4, 0.5) is 20.4 Å². The van der Waals surface area contributed by atoms with Crippen molar-refractivity contribution in [3.05, 3.63) is 66.0 Å². The zero-order chi connectivity index (χ0) is 24.9. The maximum atomic E-state index is 12.9. The molecule has 0 bridgehead atoms. The van der Waals surface area contributed by atoms with Gasteiger partial charge in [0.25, 0.3) is 5.91 Å². The van der Waals surface area contributed by atoms with E-state index in [-0.39, 0.29) is 24.2 Å². The minimum absolute atomic E-state index is 0.0900. The molecule has 188 valence electrons. The van der Waals surface area contributed by atoms with Crippen molar-refractivity contribution in [1.29, 1.82) is 0 Å². The van der Waals surface area contributed by atoms with Gasteiger partial charge in [-0.25, -0.2) is 9.97 Å². The summed E-state index contributed by atoms with van der Waals surface area (Å²) in [4.78, 5) is 24.0. The number of rotatable bonds is 9. The van der Waals surface area contributed by atoms with Gasteiger partial charge in [-0.3, -0.25) is 4.79 Å². The lowest BCUT2D eigenvalue weighted by Gasteiger charge is -2.26. The summed E-state index contributed by atoms with van der Waals surface area (Å²) in [6.07, 6.45) is 5.45. The number of alkyl halides is 2. The predicted molar refractivity (Wildman–Crippen MR) is 131 cm³/mol. The SMILES string of the molecule is O=C(NC1CC1)c1ccc(-c2cnc(N3CCOCC3)nc2)cc1NCc1ccccc1OC(F)F. The number of ether oxygens (including phenoxy) is 2. The Hall–Kier alpha value is -3.79. The number of amides is 1. The molecule has 1 aliphatic carbocycles. The van der Waals surface area contributed by atoms with E-state index in [0.29, 0.717) is 36.0 Å². The van der Waals surface area contributed by atoms with Gasteiger partial charge in [-0.1, -0.05) is 24.3 Å². The first-order valence-electron chi connectivity index (χ1n) is 11.9. The molecule has 2 aromatic carbocycles.